The third-order valence-electron chi connectivity index (χ3n) is 2.87. The van der Waals surface area contributed by atoms with Gasteiger partial charge in [-0.1, -0.05) is 26.7 Å². The van der Waals surface area contributed by atoms with Gasteiger partial charge < -0.3 is 15.5 Å². The number of aliphatic hydroxyl groups excluding tert-OH is 2. The highest BCUT2D eigenvalue weighted by atomic mass is 16.3. The van der Waals surface area contributed by atoms with Crippen molar-refractivity contribution >= 4 is 5.91 Å². The van der Waals surface area contributed by atoms with Crippen LogP contribution in [0.1, 0.15) is 58.8 Å². The molecule has 1 saturated carbocycles. The second-order valence-corrected chi connectivity index (χ2v) is 4.28. The van der Waals surface area contributed by atoms with Crippen molar-refractivity contribution in [2.45, 2.75) is 70.9 Å². The molecule has 0 aromatic heterocycles. The molecule has 1 fully saturated rings. The number of amides is 1. The summed E-state index contributed by atoms with van der Waals surface area (Å²) in [6, 6.07) is 0.375. The Balaban J connectivity index is 0.00000121. The lowest BCUT2D eigenvalue weighted by Crippen LogP contribution is -2.32. The minimum atomic E-state index is -0.677. The summed E-state index contributed by atoms with van der Waals surface area (Å²) in [6.45, 7) is 3.78. The van der Waals surface area contributed by atoms with Crippen LogP contribution in [0.4, 0.5) is 0 Å². The van der Waals surface area contributed by atoms with E-state index in [4.69, 9.17) is 10.2 Å². The van der Waals surface area contributed by atoms with Crippen molar-refractivity contribution in [1.82, 2.24) is 5.32 Å². The summed E-state index contributed by atoms with van der Waals surface area (Å²) in [4.78, 5) is 11.4. The molecule has 0 bridgehead atoms. The van der Waals surface area contributed by atoms with Gasteiger partial charge in [-0.05, 0) is 25.7 Å². The lowest BCUT2D eigenvalue weighted by Gasteiger charge is -2.12. The second kappa shape index (κ2) is 10.5. The largest absolute Gasteiger partial charge is 0.394 e. The molecule has 0 heterocycles. The van der Waals surface area contributed by atoms with Crippen LogP contribution in [0.15, 0.2) is 0 Å². The smallest absolute Gasteiger partial charge is 0.220 e. The monoisotopic (exact) mass is 245 g/mol. The van der Waals surface area contributed by atoms with Crippen LogP contribution in [0.2, 0.25) is 0 Å². The van der Waals surface area contributed by atoms with Crippen molar-refractivity contribution in [2.75, 3.05) is 6.61 Å². The molecule has 0 spiro atoms. The number of rotatable bonds is 6. The SMILES string of the molecule is CC.O=C(CCCC(O)CO)NC1CCCC1. The van der Waals surface area contributed by atoms with E-state index in [1.807, 2.05) is 13.8 Å². The van der Waals surface area contributed by atoms with E-state index >= 15 is 0 Å². The first kappa shape index (κ1) is 16.4. The Kier molecular flexibility index (Phi) is 10.2. The highest BCUT2D eigenvalue weighted by Gasteiger charge is 2.16. The maximum absolute atomic E-state index is 11.4. The molecule has 0 saturated heterocycles. The van der Waals surface area contributed by atoms with Gasteiger partial charge in [0.2, 0.25) is 5.91 Å². The summed E-state index contributed by atoms with van der Waals surface area (Å²) in [5.41, 5.74) is 0. The van der Waals surface area contributed by atoms with Gasteiger partial charge in [0.25, 0.3) is 0 Å². The Hall–Kier alpha value is -0.610. The first-order valence-electron chi connectivity index (χ1n) is 6.80. The first-order valence-corrected chi connectivity index (χ1v) is 6.80. The van der Waals surface area contributed by atoms with Crippen molar-refractivity contribution in [3.8, 4) is 0 Å². The predicted octanol–water partition coefficient (Wildman–Crippen LogP) is 1.59. The highest BCUT2D eigenvalue weighted by Crippen LogP contribution is 2.17. The second-order valence-electron chi connectivity index (χ2n) is 4.28. The van der Waals surface area contributed by atoms with Crippen LogP contribution < -0.4 is 5.32 Å². The van der Waals surface area contributed by atoms with Crippen LogP contribution in [-0.2, 0) is 4.79 Å². The van der Waals surface area contributed by atoms with Crippen molar-refractivity contribution < 1.29 is 15.0 Å². The molecule has 1 rings (SSSR count). The van der Waals surface area contributed by atoms with Gasteiger partial charge in [0.15, 0.2) is 0 Å². The molecule has 0 aliphatic heterocycles. The predicted molar refractivity (Wildman–Crippen MR) is 68.7 cm³/mol. The van der Waals surface area contributed by atoms with Crippen LogP contribution in [0, 0.1) is 0 Å². The Morgan fingerprint density at radius 1 is 1.35 bits per heavy atom. The molecule has 102 valence electrons. The maximum atomic E-state index is 11.4. The summed E-state index contributed by atoms with van der Waals surface area (Å²) < 4.78 is 0. The lowest BCUT2D eigenvalue weighted by molar-refractivity contribution is -0.122. The number of hydrogen-bond acceptors (Lipinski definition) is 3. The highest BCUT2D eigenvalue weighted by molar-refractivity contribution is 5.76. The number of hydrogen-bond donors (Lipinski definition) is 3. The fraction of sp³-hybridized carbons (Fsp3) is 0.923. The van der Waals surface area contributed by atoms with Gasteiger partial charge in [-0.3, -0.25) is 4.79 Å². The molecule has 1 aliphatic rings. The van der Waals surface area contributed by atoms with Crippen LogP contribution in [0.3, 0.4) is 0 Å². The molecular weight excluding hydrogens is 218 g/mol. The number of carbonyl (C=O) groups is 1. The standard InChI is InChI=1S/C11H21NO3.C2H6/c13-8-10(14)6-3-7-11(15)12-9-4-1-2-5-9;1-2/h9-10,13-14H,1-8H2,(H,12,15);1-2H3. The van der Waals surface area contributed by atoms with Crippen molar-refractivity contribution in [1.29, 1.82) is 0 Å². The number of carbonyl (C=O) groups excluding carboxylic acids is 1. The number of aliphatic hydroxyl groups is 2. The summed E-state index contributed by atoms with van der Waals surface area (Å²) in [7, 11) is 0. The van der Waals surface area contributed by atoms with E-state index in [1.54, 1.807) is 0 Å². The molecule has 1 amide bonds. The van der Waals surface area contributed by atoms with Gasteiger partial charge in [-0.25, -0.2) is 0 Å². The third kappa shape index (κ3) is 8.16. The molecular formula is C13H27NO3. The normalized spacial score (nSPS) is 17.2. The summed E-state index contributed by atoms with van der Waals surface area (Å²) >= 11 is 0. The lowest BCUT2D eigenvalue weighted by atomic mass is 10.1. The molecule has 4 nitrogen and oxygen atoms in total. The average Bonchev–Trinajstić information content (AvgIpc) is 2.84. The Labute approximate surface area is 104 Å². The fourth-order valence-corrected chi connectivity index (χ4v) is 1.96. The zero-order valence-corrected chi connectivity index (χ0v) is 11.1. The topological polar surface area (TPSA) is 69.6 Å². The quantitative estimate of drug-likeness (QED) is 0.665. The zero-order valence-electron chi connectivity index (χ0n) is 11.1. The first-order chi connectivity index (χ1) is 8.22. The van der Waals surface area contributed by atoms with Crippen molar-refractivity contribution in [3.05, 3.63) is 0 Å². The van der Waals surface area contributed by atoms with E-state index in [-0.39, 0.29) is 12.5 Å². The van der Waals surface area contributed by atoms with Crippen LogP contribution in [-0.4, -0.2) is 34.9 Å². The Morgan fingerprint density at radius 3 is 2.47 bits per heavy atom. The van der Waals surface area contributed by atoms with E-state index in [2.05, 4.69) is 5.32 Å². The van der Waals surface area contributed by atoms with Gasteiger partial charge in [-0.15, -0.1) is 0 Å². The molecule has 0 radical (unpaired) electrons. The number of nitrogens with one attached hydrogen (secondary N) is 1. The van der Waals surface area contributed by atoms with Gasteiger partial charge >= 0.3 is 0 Å². The van der Waals surface area contributed by atoms with E-state index in [0.717, 1.165) is 12.8 Å². The van der Waals surface area contributed by atoms with Gasteiger partial charge in [0.1, 0.15) is 0 Å². The van der Waals surface area contributed by atoms with E-state index < -0.39 is 6.10 Å². The van der Waals surface area contributed by atoms with Gasteiger partial charge in [0, 0.05) is 12.5 Å². The molecule has 0 aromatic carbocycles. The Bertz CT molecular complexity index is 191. The molecule has 4 heteroatoms. The van der Waals surface area contributed by atoms with Crippen LogP contribution in [0.25, 0.3) is 0 Å². The third-order valence-corrected chi connectivity index (χ3v) is 2.87. The molecule has 0 aromatic rings. The minimum absolute atomic E-state index is 0.0760. The van der Waals surface area contributed by atoms with E-state index in [9.17, 15) is 4.79 Å². The average molecular weight is 245 g/mol. The summed E-state index contributed by atoms with van der Waals surface area (Å²) in [5.74, 6) is 0.0760. The van der Waals surface area contributed by atoms with Gasteiger partial charge in [-0.2, -0.15) is 0 Å². The summed E-state index contributed by atoms with van der Waals surface area (Å²) in [5, 5.41) is 20.6. The molecule has 1 aliphatic carbocycles. The molecule has 1 atom stereocenters. The molecule has 1 unspecified atom stereocenters. The van der Waals surface area contributed by atoms with E-state index in [1.165, 1.54) is 12.8 Å². The zero-order chi connectivity index (χ0) is 13.1. The maximum Gasteiger partial charge on any atom is 0.220 e. The van der Waals surface area contributed by atoms with Crippen LogP contribution >= 0.6 is 0 Å². The Morgan fingerprint density at radius 2 is 1.94 bits per heavy atom. The molecule has 17 heavy (non-hydrogen) atoms. The van der Waals surface area contributed by atoms with E-state index in [0.29, 0.717) is 25.3 Å². The van der Waals surface area contributed by atoms with Crippen molar-refractivity contribution in [2.24, 2.45) is 0 Å². The minimum Gasteiger partial charge on any atom is -0.394 e. The summed E-state index contributed by atoms with van der Waals surface area (Å²) in [6.07, 6.45) is 5.55. The van der Waals surface area contributed by atoms with Gasteiger partial charge in [0.05, 0.1) is 12.7 Å². The fourth-order valence-electron chi connectivity index (χ4n) is 1.96. The molecule has 3 N–H and O–H groups in total. The van der Waals surface area contributed by atoms with Crippen molar-refractivity contribution in [3.63, 3.8) is 0 Å². The van der Waals surface area contributed by atoms with Crippen LogP contribution in [0.5, 0.6) is 0 Å².